The molecule has 3 amide bonds. The van der Waals surface area contributed by atoms with Gasteiger partial charge in [-0.1, -0.05) is 115 Å². The van der Waals surface area contributed by atoms with Gasteiger partial charge in [0.2, 0.25) is 11.8 Å². The zero-order valence-corrected chi connectivity index (χ0v) is 31.5. The van der Waals surface area contributed by atoms with Crippen molar-refractivity contribution in [1.29, 1.82) is 0 Å². The van der Waals surface area contributed by atoms with E-state index in [1.54, 1.807) is 6.08 Å². The third-order valence-electron chi connectivity index (χ3n) is 8.78. The van der Waals surface area contributed by atoms with E-state index in [-0.39, 0.29) is 39.1 Å². The first kappa shape index (κ1) is 42.5. The predicted octanol–water partition coefficient (Wildman–Crippen LogP) is 6.01. The maximum Gasteiger partial charge on any atom is 0.408 e. The number of allylic oxidation sites excluding steroid dienone is 1. The summed E-state index contributed by atoms with van der Waals surface area (Å²) in [6.07, 6.45) is 3.10. The van der Waals surface area contributed by atoms with E-state index in [1.165, 1.54) is 6.08 Å². The Labute approximate surface area is 328 Å². The summed E-state index contributed by atoms with van der Waals surface area (Å²) < 4.78 is 16.8. The van der Waals surface area contributed by atoms with Crippen LogP contribution in [0.3, 0.4) is 0 Å². The minimum Gasteiger partial charge on any atom is -0.489 e. The van der Waals surface area contributed by atoms with Crippen LogP contribution < -0.4 is 20.7 Å². The molecule has 294 valence electrons. The number of benzene rings is 4. The van der Waals surface area contributed by atoms with Gasteiger partial charge in [0.1, 0.15) is 31.6 Å². The Morgan fingerprint density at radius 2 is 1.18 bits per heavy atom. The summed E-state index contributed by atoms with van der Waals surface area (Å²) in [5, 5.41) is 18.4. The van der Waals surface area contributed by atoms with Crippen LogP contribution in [0.2, 0.25) is 0 Å². The van der Waals surface area contributed by atoms with Gasteiger partial charge in [-0.3, -0.25) is 9.59 Å². The minimum absolute atomic E-state index is 0.0256. The molecule has 0 bridgehead atoms. The highest BCUT2D eigenvalue weighted by Crippen LogP contribution is 2.17. The summed E-state index contributed by atoms with van der Waals surface area (Å²) >= 11 is 0. The lowest BCUT2D eigenvalue weighted by atomic mass is 9.98. The van der Waals surface area contributed by atoms with Gasteiger partial charge in [0.05, 0.1) is 24.6 Å². The fourth-order valence-corrected chi connectivity index (χ4v) is 5.84. The number of aliphatic hydroxyl groups is 1. The molecule has 0 heterocycles. The van der Waals surface area contributed by atoms with E-state index in [9.17, 15) is 24.3 Å². The number of ether oxygens (including phenoxy) is 3. The Bertz CT molecular complexity index is 1820. The summed E-state index contributed by atoms with van der Waals surface area (Å²) in [4.78, 5) is 52.6. The Morgan fingerprint density at radius 3 is 1.77 bits per heavy atom. The summed E-state index contributed by atoms with van der Waals surface area (Å²) in [5.41, 5.74) is 3.62. The van der Waals surface area contributed by atoms with E-state index in [0.717, 1.165) is 22.3 Å². The lowest BCUT2D eigenvalue weighted by Gasteiger charge is -2.24. The molecule has 0 saturated carbocycles. The average Bonchev–Trinajstić information content (AvgIpc) is 3.22. The van der Waals surface area contributed by atoms with Crippen molar-refractivity contribution >= 4 is 23.9 Å². The van der Waals surface area contributed by atoms with E-state index < -0.39 is 47.9 Å². The van der Waals surface area contributed by atoms with E-state index in [1.807, 2.05) is 115 Å². The van der Waals surface area contributed by atoms with Crippen LogP contribution in [-0.2, 0) is 49.9 Å². The number of aliphatic hydroxyl groups excluding tert-OH is 1. The maximum atomic E-state index is 13.7. The SMILES string of the molecule is C=CC[C@H](CC(=O)N[C@H](CO)Cc1ccc(OCc2ccccc2)cc1)C(=O)N[C@@H](COC(=O)[C@@H](CC=C)NC(=O)OCc1ccccc1)Cc1ccccc1. The normalized spacial score (nSPS) is 12.8. The molecule has 4 aromatic carbocycles. The molecule has 0 aliphatic heterocycles. The first-order valence-corrected chi connectivity index (χ1v) is 18.6. The molecule has 0 aromatic heterocycles. The van der Waals surface area contributed by atoms with Crippen molar-refractivity contribution in [3.05, 3.63) is 163 Å². The number of carbonyl (C=O) groups is 4. The van der Waals surface area contributed by atoms with Gasteiger partial charge in [0.25, 0.3) is 0 Å². The number of nitrogens with one attached hydrogen (secondary N) is 3. The van der Waals surface area contributed by atoms with E-state index >= 15 is 0 Å². The van der Waals surface area contributed by atoms with Crippen molar-refractivity contribution in [3.8, 4) is 5.75 Å². The number of rotatable bonds is 23. The molecule has 0 saturated heterocycles. The first-order chi connectivity index (χ1) is 27.3. The molecule has 11 heteroatoms. The Morgan fingerprint density at radius 1 is 0.625 bits per heavy atom. The Hall–Kier alpha value is -6.20. The highest BCUT2D eigenvalue weighted by Gasteiger charge is 2.27. The molecule has 0 aliphatic carbocycles. The molecule has 0 aliphatic rings. The second kappa shape index (κ2) is 23.6. The topological polar surface area (TPSA) is 152 Å². The van der Waals surface area contributed by atoms with Crippen molar-refractivity contribution < 1.29 is 38.5 Å². The van der Waals surface area contributed by atoms with Crippen LogP contribution in [0.4, 0.5) is 4.79 Å². The van der Waals surface area contributed by atoms with Gasteiger partial charge in [-0.25, -0.2) is 9.59 Å². The molecule has 0 spiro atoms. The summed E-state index contributed by atoms with van der Waals surface area (Å²) in [6.45, 7) is 7.42. The van der Waals surface area contributed by atoms with Crippen molar-refractivity contribution in [2.24, 2.45) is 5.92 Å². The van der Waals surface area contributed by atoms with Crippen molar-refractivity contribution in [1.82, 2.24) is 16.0 Å². The first-order valence-electron chi connectivity index (χ1n) is 18.6. The highest BCUT2D eigenvalue weighted by molar-refractivity contribution is 5.86. The standard InChI is InChI=1S/C45H51N3O8/c1-3-14-37(28-42(50)46-38(29-49)26-34-22-24-40(25-23-34)54-30-35-18-10-6-11-19-35)43(51)47-39(27-33-16-8-5-9-17-33)32-55-44(52)41(15-4-2)48-45(53)56-31-36-20-12-7-13-21-36/h3-13,16-25,37-39,41,49H,1-2,14-15,26-32H2,(H,46,50)(H,47,51)(H,48,53)/t37-,38+,39-,41-/m1/s1. The molecule has 11 nitrogen and oxygen atoms in total. The minimum atomic E-state index is -1.06. The monoisotopic (exact) mass is 761 g/mol. The van der Waals surface area contributed by atoms with E-state index in [2.05, 4.69) is 29.1 Å². The number of carbonyl (C=O) groups excluding carboxylic acids is 4. The quantitative estimate of drug-likeness (QED) is 0.0530. The van der Waals surface area contributed by atoms with Crippen molar-refractivity contribution in [3.63, 3.8) is 0 Å². The molecule has 4 N–H and O–H groups in total. The second-order valence-electron chi connectivity index (χ2n) is 13.3. The number of amides is 3. The third kappa shape index (κ3) is 15.3. The van der Waals surface area contributed by atoms with Gasteiger partial charge in [-0.2, -0.15) is 0 Å². The molecule has 4 atom stereocenters. The number of esters is 1. The molecule has 4 rings (SSSR count). The lowest BCUT2D eigenvalue weighted by molar-refractivity contribution is -0.147. The molecule has 4 aromatic rings. The fourth-order valence-electron chi connectivity index (χ4n) is 5.84. The van der Waals surface area contributed by atoms with Gasteiger partial charge in [-0.15, -0.1) is 13.2 Å². The molecule has 0 radical (unpaired) electrons. The van der Waals surface area contributed by atoms with Gasteiger partial charge in [0.15, 0.2) is 0 Å². The Balaban J connectivity index is 1.32. The van der Waals surface area contributed by atoms with Gasteiger partial charge in [0, 0.05) is 6.42 Å². The van der Waals surface area contributed by atoms with Crippen LogP contribution in [0, 0.1) is 5.92 Å². The molecule has 56 heavy (non-hydrogen) atoms. The van der Waals surface area contributed by atoms with Crippen molar-refractivity contribution in [2.75, 3.05) is 13.2 Å². The number of hydrogen-bond donors (Lipinski definition) is 4. The average molecular weight is 762 g/mol. The molecular weight excluding hydrogens is 711 g/mol. The van der Waals surface area contributed by atoms with E-state index in [0.29, 0.717) is 25.2 Å². The van der Waals surface area contributed by atoms with Crippen LogP contribution in [0.25, 0.3) is 0 Å². The van der Waals surface area contributed by atoms with Crippen molar-refractivity contribution in [2.45, 2.75) is 63.4 Å². The largest absolute Gasteiger partial charge is 0.489 e. The zero-order valence-electron chi connectivity index (χ0n) is 31.5. The lowest BCUT2D eigenvalue weighted by Crippen LogP contribution is -2.47. The molecular formula is C45H51N3O8. The van der Waals surface area contributed by atoms with E-state index in [4.69, 9.17) is 14.2 Å². The van der Waals surface area contributed by atoms with Crippen LogP contribution >= 0.6 is 0 Å². The van der Waals surface area contributed by atoms with Crippen LogP contribution in [0.15, 0.2) is 141 Å². The van der Waals surface area contributed by atoms with Gasteiger partial charge < -0.3 is 35.3 Å². The predicted molar refractivity (Wildman–Crippen MR) is 214 cm³/mol. The molecule has 0 unspecified atom stereocenters. The highest BCUT2D eigenvalue weighted by atomic mass is 16.6. The van der Waals surface area contributed by atoms with Crippen LogP contribution in [-0.4, -0.2) is 60.3 Å². The smallest absolute Gasteiger partial charge is 0.408 e. The number of hydrogen-bond acceptors (Lipinski definition) is 8. The summed E-state index contributed by atoms with van der Waals surface area (Å²) in [7, 11) is 0. The Kier molecular flexibility index (Phi) is 17.9. The van der Waals surface area contributed by atoms with Crippen LogP contribution in [0.1, 0.15) is 41.5 Å². The van der Waals surface area contributed by atoms with Gasteiger partial charge in [-0.05, 0) is 60.1 Å². The second-order valence-corrected chi connectivity index (χ2v) is 13.3. The summed E-state index contributed by atoms with van der Waals surface area (Å²) in [5.74, 6) is -1.63. The third-order valence-corrected chi connectivity index (χ3v) is 8.78. The maximum absolute atomic E-state index is 13.7. The molecule has 0 fully saturated rings. The van der Waals surface area contributed by atoms with Gasteiger partial charge >= 0.3 is 12.1 Å². The summed E-state index contributed by atoms with van der Waals surface area (Å²) in [6, 6.07) is 33.5. The number of alkyl carbamates (subject to hydrolysis) is 1. The zero-order chi connectivity index (χ0) is 40.0. The fraction of sp³-hybridized carbons (Fsp3) is 0.289. The van der Waals surface area contributed by atoms with Crippen LogP contribution in [0.5, 0.6) is 5.75 Å².